The van der Waals surface area contributed by atoms with Crippen LogP contribution in [0.1, 0.15) is 50.1 Å². The molecule has 3 heteroatoms. The van der Waals surface area contributed by atoms with Crippen molar-refractivity contribution in [2.24, 2.45) is 0 Å². The van der Waals surface area contributed by atoms with E-state index < -0.39 is 0 Å². The molecule has 9 rings (SSSR count). The molecular weight excluding hydrogens is 522 g/mol. The lowest BCUT2D eigenvalue weighted by Gasteiger charge is -2.25. The number of hydrogen-bond donors (Lipinski definition) is 0. The van der Waals surface area contributed by atoms with Gasteiger partial charge in [-0.3, -0.25) is 4.57 Å². The molecule has 0 unspecified atom stereocenters. The Morgan fingerprint density at radius 3 is 2.21 bits per heavy atom. The van der Waals surface area contributed by atoms with Crippen molar-refractivity contribution in [2.45, 2.75) is 38.5 Å². The van der Waals surface area contributed by atoms with E-state index in [9.17, 15) is 0 Å². The van der Waals surface area contributed by atoms with E-state index in [-0.39, 0.29) is 10.8 Å². The number of para-hydroxylation sites is 1. The van der Waals surface area contributed by atoms with E-state index in [4.69, 9.17) is 9.97 Å². The third-order valence-electron chi connectivity index (χ3n) is 9.81. The lowest BCUT2D eigenvalue weighted by molar-refractivity contribution is 0.649. The number of nitrogens with zero attached hydrogens (tertiary/aromatic N) is 3. The van der Waals surface area contributed by atoms with Gasteiger partial charge in [0.05, 0.1) is 22.4 Å². The highest BCUT2D eigenvalue weighted by Gasteiger charge is 2.39. The number of rotatable bonds is 2. The molecule has 0 saturated carbocycles. The summed E-state index contributed by atoms with van der Waals surface area (Å²) >= 11 is 0. The number of allylic oxidation sites excluding steroid dienone is 1. The van der Waals surface area contributed by atoms with Crippen LogP contribution in [0.2, 0.25) is 0 Å². The third kappa shape index (κ3) is 3.20. The van der Waals surface area contributed by atoms with Gasteiger partial charge in [-0.15, -0.1) is 0 Å². The average molecular weight is 554 g/mol. The monoisotopic (exact) mass is 553 g/mol. The molecule has 2 aliphatic carbocycles. The molecule has 0 radical (unpaired) electrons. The van der Waals surface area contributed by atoms with Crippen LogP contribution >= 0.6 is 0 Å². The first-order chi connectivity index (χ1) is 20.8. The van der Waals surface area contributed by atoms with Crippen LogP contribution in [0.3, 0.4) is 0 Å². The number of aromatic nitrogens is 3. The van der Waals surface area contributed by atoms with E-state index in [2.05, 4.69) is 148 Å². The number of fused-ring (bicyclic) bond motifs is 9. The van der Waals surface area contributed by atoms with Gasteiger partial charge in [0.15, 0.2) is 0 Å². The highest BCUT2D eigenvalue weighted by Crippen LogP contribution is 2.53. The fraction of sp³-hybridized carbons (Fsp3) is 0.150. The van der Waals surface area contributed by atoms with Gasteiger partial charge >= 0.3 is 0 Å². The molecule has 5 aromatic carbocycles. The van der Waals surface area contributed by atoms with Crippen LogP contribution in [0, 0.1) is 0 Å². The largest absolute Gasteiger partial charge is 0.278 e. The zero-order valence-corrected chi connectivity index (χ0v) is 24.8. The molecule has 7 aromatic rings. The maximum atomic E-state index is 5.51. The Balaban J connectivity index is 1.39. The van der Waals surface area contributed by atoms with E-state index in [1.54, 1.807) is 0 Å². The second-order valence-electron chi connectivity index (χ2n) is 13.1. The van der Waals surface area contributed by atoms with Gasteiger partial charge in [-0.1, -0.05) is 131 Å². The van der Waals surface area contributed by atoms with Gasteiger partial charge in [0.1, 0.15) is 0 Å². The zero-order chi connectivity index (χ0) is 29.1. The summed E-state index contributed by atoms with van der Waals surface area (Å²) in [5.41, 5.74) is 11.6. The maximum absolute atomic E-state index is 5.51. The molecule has 2 heterocycles. The van der Waals surface area contributed by atoms with Crippen molar-refractivity contribution in [2.75, 3.05) is 0 Å². The van der Waals surface area contributed by atoms with Crippen LogP contribution in [0.4, 0.5) is 0 Å². The molecule has 0 saturated heterocycles. The van der Waals surface area contributed by atoms with E-state index in [1.165, 1.54) is 49.4 Å². The zero-order valence-electron chi connectivity index (χ0n) is 24.8. The van der Waals surface area contributed by atoms with Gasteiger partial charge in [0, 0.05) is 32.7 Å². The molecule has 2 aromatic heterocycles. The first-order valence-electron chi connectivity index (χ1n) is 15.1. The second-order valence-corrected chi connectivity index (χ2v) is 13.1. The summed E-state index contributed by atoms with van der Waals surface area (Å²) in [6, 6.07) is 37.3. The van der Waals surface area contributed by atoms with Crippen LogP contribution < -0.4 is 0 Å². The van der Waals surface area contributed by atoms with Crippen molar-refractivity contribution in [3.8, 4) is 28.3 Å². The third-order valence-corrected chi connectivity index (χ3v) is 9.81. The predicted molar refractivity (Wildman–Crippen MR) is 179 cm³/mol. The van der Waals surface area contributed by atoms with Crippen LogP contribution in [0.15, 0.2) is 109 Å². The molecule has 0 amide bonds. The Morgan fingerprint density at radius 1 is 0.605 bits per heavy atom. The summed E-state index contributed by atoms with van der Waals surface area (Å²) in [6.45, 7) is 9.21. The van der Waals surface area contributed by atoms with Gasteiger partial charge in [0.25, 0.3) is 0 Å². The molecule has 0 aliphatic heterocycles. The summed E-state index contributed by atoms with van der Waals surface area (Å²) in [5, 5.41) is 4.95. The Morgan fingerprint density at radius 2 is 1.33 bits per heavy atom. The Hall–Kier alpha value is -5.02. The molecule has 0 atom stereocenters. The lowest BCUT2D eigenvalue weighted by Crippen LogP contribution is -2.19. The van der Waals surface area contributed by atoms with Gasteiger partial charge in [0.2, 0.25) is 5.95 Å². The summed E-state index contributed by atoms with van der Waals surface area (Å²) in [5.74, 6) is 0.720. The SMILES string of the molecule is CC1(C)C=Cc2c(-c3cccc4c3C(C)(C)c3ccccc3-4)nc(-n3c4ccccc4c4c5ccccc5ccc43)nc21. The first-order valence-corrected chi connectivity index (χ1v) is 15.1. The van der Waals surface area contributed by atoms with Crippen molar-refractivity contribution >= 4 is 38.7 Å². The first kappa shape index (κ1) is 24.6. The Labute approximate surface area is 251 Å². The summed E-state index contributed by atoms with van der Waals surface area (Å²) in [7, 11) is 0. The van der Waals surface area contributed by atoms with Crippen molar-refractivity contribution in [1.82, 2.24) is 14.5 Å². The highest BCUT2D eigenvalue weighted by molar-refractivity contribution is 6.21. The lowest BCUT2D eigenvalue weighted by atomic mass is 9.79. The molecule has 2 aliphatic rings. The molecule has 206 valence electrons. The Bertz CT molecular complexity index is 2350. The Kier molecular flexibility index (Phi) is 4.74. The summed E-state index contributed by atoms with van der Waals surface area (Å²) in [6.07, 6.45) is 4.52. The fourth-order valence-electron chi connectivity index (χ4n) is 7.78. The number of benzene rings is 5. The van der Waals surface area contributed by atoms with Crippen molar-refractivity contribution < 1.29 is 0 Å². The van der Waals surface area contributed by atoms with Crippen molar-refractivity contribution in [3.63, 3.8) is 0 Å². The van der Waals surface area contributed by atoms with Gasteiger partial charge in [-0.05, 0) is 45.2 Å². The fourth-order valence-corrected chi connectivity index (χ4v) is 7.78. The molecule has 0 fully saturated rings. The van der Waals surface area contributed by atoms with Gasteiger partial charge in [-0.25, -0.2) is 9.97 Å². The normalized spacial score (nSPS) is 15.7. The predicted octanol–water partition coefficient (Wildman–Crippen LogP) is 10.0. The summed E-state index contributed by atoms with van der Waals surface area (Å²) in [4.78, 5) is 10.9. The van der Waals surface area contributed by atoms with Crippen LogP contribution in [0.5, 0.6) is 0 Å². The minimum Gasteiger partial charge on any atom is -0.278 e. The number of hydrogen-bond acceptors (Lipinski definition) is 2. The summed E-state index contributed by atoms with van der Waals surface area (Å²) < 4.78 is 2.28. The van der Waals surface area contributed by atoms with Crippen LogP contribution in [0.25, 0.3) is 67.0 Å². The van der Waals surface area contributed by atoms with E-state index >= 15 is 0 Å². The smallest absolute Gasteiger partial charge is 0.235 e. The van der Waals surface area contributed by atoms with E-state index in [0.29, 0.717) is 0 Å². The molecule has 0 bridgehead atoms. The minimum atomic E-state index is -0.205. The van der Waals surface area contributed by atoms with Crippen molar-refractivity contribution in [1.29, 1.82) is 0 Å². The van der Waals surface area contributed by atoms with Crippen LogP contribution in [-0.4, -0.2) is 14.5 Å². The van der Waals surface area contributed by atoms with Gasteiger partial charge < -0.3 is 0 Å². The topological polar surface area (TPSA) is 30.7 Å². The molecule has 43 heavy (non-hydrogen) atoms. The second kappa shape index (κ2) is 8.29. The maximum Gasteiger partial charge on any atom is 0.235 e. The van der Waals surface area contributed by atoms with Crippen molar-refractivity contribution in [3.05, 3.63) is 132 Å². The molecule has 3 nitrogen and oxygen atoms in total. The minimum absolute atomic E-state index is 0.149. The van der Waals surface area contributed by atoms with E-state index in [0.717, 1.165) is 33.9 Å². The van der Waals surface area contributed by atoms with Gasteiger partial charge in [-0.2, -0.15) is 0 Å². The average Bonchev–Trinajstić information content (AvgIpc) is 3.62. The standard InChI is InChI=1S/C40H31N3/c1-39(2)23-22-30-36(29-17-11-16-27-26-14-7-9-18-31(26)40(3,4)35(27)29)41-38(42-37(30)39)43-32-19-10-8-15-28(32)34-25-13-6-5-12-24(25)20-21-33(34)43/h5-23H,1-4H3. The van der Waals surface area contributed by atoms with Crippen LogP contribution in [-0.2, 0) is 10.8 Å². The molecule has 0 N–H and O–H groups in total. The highest BCUT2D eigenvalue weighted by atomic mass is 15.2. The molecular formula is C40H31N3. The quantitative estimate of drug-likeness (QED) is 0.213. The molecule has 0 spiro atoms. The van der Waals surface area contributed by atoms with E-state index in [1.807, 2.05) is 0 Å².